The Kier molecular flexibility index (Phi) is 5.46. The second-order valence-electron chi connectivity index (χ2n) is 6.17. The number of hydrogen-bond acceptors (Lipinski definition) is 3. The van der Waals surface area contributed by atoms with Crippen LogP contribution in [0, 0.1) is 5.92 Å². The maximum Gasteiger partial charge on any atom is 0.337 e. The van der Waals surface area contributed by atoms with E-state index in [1.54, 1.807) is 18.2 Å². The zero-order valence-corrected chi connectivity index (χ0v) is 13.9. The molecule has 5 heteroatoms. The van der Waals surface area contributed by atoms with E-state index in [2.05, 4.69) is 5.32 Å². The number of amides is 1. The van der Waals surface area contributed by atoms with Gasteiger partial charge in [0, 0.05) is 19.8 Å². The summed E-state index contributed by atoms with van der Waals surface area (Å²) < 4.78 is 5.32. The van der Waals surface area contributed by atoms with Crippen LogP contribution in [-0.4, -0.2) is 36.7 Å². The van der Waals surface area contributed by atoms with E-state index in [0.29, 0.717) is 31.2 Å². The van der Waals surface area contributed by atoms with Gasteiger partial charge < -0.3 is 15.2 Å². The molecular weight excluding hydrogens is 318 g/mol. The third-order valence-electron chi connectivity index (χ3n) is 4.50. The highest BCUT2D eigenvalue weighted by atomic mass is 16.5. The number of ether oxygens (including phenoxy) is 1. The van der Waals surface area contributed by atoms with Crippen molar-refractivity contribution in [1.29, 1.82) is 0 Å². The summed E-state index contributed by atoms with van der Waals surface area (Å²) in [5.74, 6) is -1.07. The largest absolute Gasteiger partial charge is 0.478 e. The Labute approximate surface area is 146 Å². The van der Waals surface area contributed by atoms with Crippen LogP contribution in [0.4, 0.5) is 0 Å². The van der Waals surface area contributed by atoms with Crippen LogP contribution in [0.15, 0.2) is 48.5 Å². The second-order valence-corrected chi connectivity index (χ2v) is 6.17. The molecular formula is C20H21NO4. The zero-order chi connectivity index (χ0) is 17.6. The maximum absolute atomic E-state index is 12.6. The first-order valence-electron chi connectivity index (χ1n) is 8.44. The van der Waals surface area contributed by atoms with Crippen molar-refractivity contribution < 1.29 is 19.4 Å². The monoisotopic (exact) mass is 339 g/mol. The highest BCUT2D eigenvalue weighted by Gasteiger charge is 2.22. The Morgan fingerprint density at radius 3 is 2.44 bits per heavy atom. The molecule has 0 saturated carbocycles. The quantitative estimate of drug-likeness (QED) is 0.877. The lowest BCUT2D eigenvalue weighted by molar-refractivity contribution is 0.0640. The summed E-state index contributed by atoms with van der Waals surface area (Å²) in [6, 6.07) is 14.3. The van der Waals surface area contributed by atoms with Gasteiger partial charge in [0.15, 0.2) is 0 Å². The van der Waals surface area contributed by atoms with Crippen LogP contribution in [0.5, 0.6) is 0 Å². The molecule has 0 bridgehead atoms. The molecule has 1 amide bonds. The Bertz CT molecular complexity index is 752. The number of benzene rings is 2. The molecule has 1 heterocycles. The Hall–Kier alpha value is -2.66. The highest BCUT2D eigenvalue weighted by Crippen LogP contribution is 2.26. The van der Waals surface area contributed by atoms with Crippen LogP contribution in [0.2, 0.25) is 0 Å². The summed E-state index contributed by atoms with van der Waals surface area (Å²) in [7, 11) is 0. The summed E-state index contributed by atoms with van der Waals surface area (Å²) in [5.41, 5.74) is 1.56. The Morgan fingerprint density at radius 1 is 1.04 bits per heavy atom. The number of carboxylic acid groups (broad SMARTS) is 1. The molecule has 0 unspecified atom stereocenters. The van der Waals surface area contributed by atoms with Gasteiger partial charge in [0.2, 0.25) is 0 Å². The molecule has 2 N–H and O–H groups in total. The maximum atomic E-state index is 12.6. The molecule has 2 aromatic carbocycles. The lowest BCUT2D eigenvalue weighted by atomic mass is 9.94. The van der Waals surface area contributed by atoms with E-state index in [9.17, 15) is 14.7 Å². The fourth-order valence-corrected chi connectivity index (χ4v) is 3.11. The molecule has 0 spiro atoms. The van der Waals surface area contributed by atoms with Crippen LogP contribution >= 0.6 is 0 Å². The van der Waals surface area contributed by atoms with E-state index >= 15 is 0 Å². The molecule has 5 nitrogen and oxygen atoms in total. The molecule has 0 atom stereocenters. The minimum absolute atomic E-state index is 0.0400. The first kappa shape index (κ1) is 17.2. The van der Waals surface area contributed by atoms with Crippen LogP contribution < -0.4 is 5.32 Å². The fraction of sp³-hybridized carbons (Fsp3) is 0.300. The number of hydrogen-bond donors (Lipinski definition) is 2. The zero-order valence-electron chi connectivity index (χ0n) is 13.9. The average Bonchev–Trinajstić information content (AvgIpc) is 2.67. The smallest absolute Gasteiger partial charge is 0.337 e. The van der Waals surface area contributed by atoms with Crippen molar-refractivity contribution in [3.05, 3.63) is 59.7 Å². The van der Waals surface area contributed by atoms with Gasteiger partial charge in [-0.1, -0.05) is 42.5 Å². The number of rotatable bonds is 5. The molecule has 1 fully saturated rings. The van der Waals surface area contributed by atoms with Gasteiger partial charge in [-0.3, -0.25) is 4.79 Å². The van der Waals surface area contributed by atoms with Gasteiger partial charge in [-0.15, -0.1) is 0 Å². The Balaban J connectivity index is 1.85. The lowest BCUT2D eigenvalue weighted by Gasteiger charge is -2.22. The third kappa shape index (κ3) is 4.06. The molecule has 1 saturated heterocycles. The van der Waals surface area contributed by atoms with Crippen molar-refractivity contribution in [3.63, 3.8) is 0 Å². The van der Waals surface area contributed by atoms with Crippen molar-refractivity contribution in [3.8, 4) is 11.1 Å². The minimum atomic E-state index is -1.10. The van der Waals surface area contributed by atoms with E-state index in [-0.39, 0.29) is 17.0 Å². The number of carboxylic acids is 1. The minimum Gasteiger partial charge on any atom is -0.478 e. The molecule has 0 radical (unpaired) electrons. The van der Waals surface area contributed by atoms with Gasteiger partial charge in [0.25, 0.3) is 5.91 Å². The predicted octanol–water partition coefficient (Wildman–Crippen LogP) is 3.21. The van der Waals surface area contributed by atoms with Crippen molar-refractivity contribution in [1.82, 2.24) is 5.32 Å². The molecule has 25 heavy (non-hydrogen) atoms. The molecule has 1 aliphatic heterocycles. The highest BCUT2D eigenvalue weighted by molar-refractivity contribution is 6.08. The van der Waals surface area contributed by atoms with E-state index in [1.807, 2.05) is 30.3 Å². The molecule has 0 aromatic heterocycles. The van der Waals surface area contributed by atoms with Gasteiger partial charge in [-0.05, 0) is 36.0 Å². The Morgan fingerprint density at radius 2 is 1.76 bits per heavy atom. The van der Waals surface area contributed by atoms with Gasteiger partial charge in [0.05, 0.1) is 11.1 Å². The van der Waals surface area contributed by atoms with Crippen LogP contribution in [0.3, 0.4) is 0 Å². The van der Waals surface area contributed by atoms with Crippen molar-refractivity contribution in [2.75, 3.05) is 19.8 Å². The average molecular weight is 339 g/mol. The van der Waals surface area contributed by atoms with Gasteiger partial charge in [-0.25, -0.2) is 4.79 Å². The van der Waals surface area contributed by atoms with Crippen LogP contribution in [0.25, 0.3) is 11.1 Å². The molecule has 3 rings (SSSR count). The van der Waals surface area contributed by atoms with Crippen LogP contribution in [-0.2, 0) is 4.74 Å². The van der Waals surface area contributed by atoms with E-state index in [1.165, 1.54) is 0 Å². The van der Waals surface area contributed by atoms with E-state index < -0.39 is 5.97 Å². The van der Waals surface area contributed by atoms with Gasteiger partial charge >= 0.3 is 5.97 Å². The summed E-state index contributed by atoms with van der Waals surface area (Å²) in [4.78, 5) is 24.4. The molecule has 2 aromatic rings. The van der Waals surface area contributed by atoms with Gasteiger partial charge in [-0.2, -0.15) is 0 Å². The predicted molar refractivity (Wildman–Crippen MR) is 94.7 cm³/mol. The van der Waals surface area contributed by atoms with Crippen molar-refractivity contribution >= 4 is 11.9 Å². The van der Waals surface area contributed by atoms with Gasteiger partial charge in [0.1, 0.15) is 0 Å². The van der Waals surface area contributed by atoms with E-state index in [0.717, 1.165) is 18.4 Å². The third-order valence-corrected chi connectivity index (χ3v) is 4.50. The lowest BCUT2D eigenvalue weighted by Crippen LogP contribution is -2.33. The number of aromatic carboxylic acids is 1. The van der Waals surface area contributed by atoms with Crippen molar-refractivity contribution in [2.24, 2.45) is 5.92 Å². The normalized spacial score (nSPS) is 14.9. The first-order chi connectivity index (χ1) is 12.2. The summed E-state index contributed by atoms with van der Waals surface area (Å²) in [6.07, 6.45) is 1.83. The summed E-state index contributed by atoms with van der Waals surface area (Å²) in [6.45, 7) is 1.96. The molecule has 0 aliphatic carbocycles. The summed E-state index contributed by atoms with van der Waals surface area (Å²) >= 11 is 0. The van der Waals surface area contributed by atoms with Crippen molar-refractivity contribution in [2.45, 2.75) is 12.8 Å². The fourth-order valence-electron chi connectivity index (χ4n) is 3.11. The SMILES string of the molecule is O=C(NCC1CCOCC1)c1cccc(-c2ccccc2)c1C(=O)O. The standard InChI is InChI=1S/C20H21NO4/c22-19(21-13-14-9-11-25-12-10-14)17-8-4-7-16(18(17)20(23)24)15-5-2-1-3-6-15/h1-8,14H,9-13H2,(H,21,22)(H,23,24). The number of nitrogens with one attached hydrogen (secondary N) is 1. The number of carbonyl (C=O) groups is 2. The first-order valence-corrected chi connectivity index (χ1v) is 8.44. The van der Waals surface area contributed by atoms with E-state index in [4.69, 9.17) is 4.74 Å². The second kappa shape index (κ2) is 7.94. The summed E-state index contributed by atoms with van der Waals surface area (Å²) in [5, 5.41) is 12.6. The molecule has 130 valence electrons. The van der Waals surface area contributed by atoms with Crippen LogP contribution in [0.1, 0.15) is 33.6 Å². The topological polar surface area (TPSA) is 75.6 Å². The number of carbonyl (C=O) groups excluding carboxylic acids is 1. The molecule has 1 aliphatic rings.